The molecule has 6 N–H and O–H groups in total. The summed E-state index contributed by atoms with van der Waals surface area (Å²) >= 11 is 0. The third kappa shape index (κ3) is 2.98. The lowest BCUT2D eigenvalue weighted by molar-refractivity contribution is -0.148. The van der Waals surface area contributed by atoms with Crippen LogP contribution in [0.25, 0.3) is 6.08 Å². The van der Waals surface area contributed by atoms with Crippen LogP contribution in [0, 0.1) is 23.2 Å². The molecule has 0 saturated heterocycles. The maximum Gasteiger partial charge on any atom is 0.255 e. The minimum Gasteiger partial charge on any atom is -0.510 e. The first-order valence-electron chi connectivity index (χ1n) is 10.5. The van der Waals surface area contributed by atoms with Gasteiger partial charge in [0.25, 0.3) is 5.91 Å². The van der Waals surface area contributed by atoms with Crippen LogP contribution in [0.15, 0.2) is 40.9 Å². The molecular formula is C24H23N3O7. The molecule has 1 aromatic carbocycles. The number of Topliss-reactive ketones (excluding diaryl/α,β-unsaturated/α-hetero) is 2. The first kappa shape index (κ1) is 23.2. The lowest BCUT2D eigenvalue weighted by atomic mass is 9.58. The molecule has 176 valence electrons. The van der Waals surface area contributed by atoms with Crippen molar-refractivity contribution in [3.05, 3.63) is 57.6 Å². The molecule has 1 aromatic rings. The van der Waals surface area contributed by atoms with Gasteiger partial charge in [0, 0.05) is 17.6 Å². The molecule has 10 heteroatoms. The van der Waals surface area contributed by atoms with Gasteiger partial charge in [-0.05, 0) is 56.1 Å². The van der Waals surface area contributed by atoms with Crippen LogP contribution in [0.5, 0.6) is 5.75 Å². The second-order valence-electron chi connectivity index (χ2n) is 8.95. The maximum absolute atomic E-state index is 13.5. The lowest BCUT2D eigenvalue weighted by Crippen LogP contribution is -2.63. The van der Waals surface area contributed by atoms with E-state index in [1.165, 1.54) is 23.1 Å². The smallest absolute Gasteiger partial charge is 0.255 e. The Morgan fingerprint density at radius 3 is 2.53 bits per heavy atom. The average Bonchev–Trinajstić information content (AvgIpc) is 2.75. The Morgan fingerprint density at radius 2 is 1.94 bits per heavy atom. The number of fused-ring (bicyclic) bond motifs is 3. The Hall–Kier alpha value is -3.94. The summed E-state index contributed by atoms with van der Waals surface area (Å²) in [5.41, 5.74) is 2.46. The van der Waals surface area contributed by atoms with Crippen LogP contribution in [0.3, 0.4) is 0 Å². The number of carbonyl (C=O) groups is 3. The number of ketones is 2. The standard InChI is InChI=1S/C24H23N3O7/c1-27(2)18-13-9-11-8-12-10(4-3-7-25)5-6-14(28)16(12)19(29)15(11)21(31)24(13,34)22(32)17(20(18)30)23(26)33/h3-6,11,13,18,28,30-31,34H,8-9H2,1-2H3,(H2,26,33)/b4-3+/t11-,13+,18+,24+/m0/s1. The van der Waals surface area contributed by atoms with Gasteiger partial charge in [0.2, 0.25) is 5.78 Å². The van der Waals surface area contributed by atoms with E-state index in [0.29, 0.717) is 11.1 Å². The van der Waals surface area contributed by atoms with E-state index in [1.807, 2.05) is 6.07 Å². The molecular weight excluding hydrogens is 442 g/mol. The molecule has 10 nitrogen and oxygen atoms in total. The van der Waals surface area contributed by atoms with E-state index < -0.39 is 58.0 Å². The molecule has 1 amide bonds. The molecule has 0 unspecified atom stereocenters. The summed E-state index contributed by atoms with van der Waals surface area (Å²) in [6.45, 7) is 0. The number of hydrogen-bond acceptors (Lipinski definition) is 9. The zero-order valence-corrected chi connectivity index (χ0v) is 18.4. The highest BCUT2D eigenvalue weighted by atomic mass is 16.3. The number of likely N-dealkylation sites (N-methyl/N-ethyl adjacent to an activating group) is 1. The molecule has 3 aliphatic carbocycles. The lowest BCUT2D eigenvalue weighted by Gasteiger charge is -2.50. The minimum absolute atomic E-state index is 0.00280. The van der Waals surface area contributed by atoms with E-state index in [4.69, 9.17) is 11.0 Å². The molecule has 4 rings (SSSR count). The first-order valence-corrected chi connectivity index (χ1v) is 10.5. The summed E-state index contributed by atoms with van der Waals surface area (Å²) in [6.07, 6.45) is 2.90. The fourth-order valence-corrected chi connectivity index (χ4v) is 5.56. The van der Waals surface area contributed by atoms with E-state index in [9.17, 15) is 34.8 Å². The predicted octanol–water partition coefficient (Wildman–Crippen LogP) is 0.657. The first-order chi connectivity index (χ1) is 16.0. The van der Waals surface area contributed by atoms with E-state index >= 15 is 0 Å². The number of rotatable bonds is 3. The Labute approximate surface area is 194 Å². The highest BCUT2D eigenvalue weighted by molar-refractivity contribution is 6.24. The molecule has 0 fully saturated rings. The quantitative estimate of drug-likeness (QED) is 0.316. The van der Waals surface area contributed by atoms with Crippen LogP contribution in [0.1, 0.15) is 27.9 Å². The second kappa shape index (κ2) is 7.83. The van der Waals surface area contributed by atoms with Crippen molar-refractivity contribution in [3.63, 3.8) is 0 Å². The molecule has 0 bridgehead atoms. The Kier molecular flexibility index (Phi) is 5.35. The molecule has 0 saturated carbocycles. The molecule has 0 heterocycles. The summed E-state index contributed by atoms with van der Waals surface area (Å²) in [4.78, 5) is 40.1. The summed E-state index contributed by atoms with van der Waals surface area (Å²) in [5.74, 6) is -6.95. The van der Waals surface area contributed by atoms with E-state index in [0.717, 1.165) is 0 Å². The monoisotopic (exact) mass is 465 g/mol. The number of benzene rings is 1. The van der Waals surface area contributed by atoms with Crippen molar-refractivity contribution in [2.75, 3.05) is 14.1 Å². The number of hydrogen-bond donors (Lipinski definition) is 5. The third-order valence-corrected chi connectivity index (χ3v) is 6.98. The van der Waals surface area contributed by atoms with Gasteiger partial charge in [-0.3, -0.25) is 19.3 Å². The second-order valence-corrected chi connectivity index (χ2v) is 8.95. The van der Waals surface area contributed by atoms with Gasteiger partial charge in [-0.25, -0.2) is 0 Å². The van der Waals surface area contributed by atoms with Gasteiger partial charge in [0.05, 0.1) is 17.7 Å². The van der Waals surface area contributed by atoms with Gasteiger partial charge in [-0.15, -0.1) is 0 Å². The van der Waals surface area contributed by atoms with Gasteiger partial charge in [0.15, 0.2) is 11.4 Å². The van der Waals surface area contributed by atoms with E-state index in [2.05, 4.69) is 0 Å². The Morgan fingerprint density at radius 1 is 1.26 bits per heavy atom. The van der Waals surface area contributed by atoms with Crippen molar-refractivity contribution >= 4 is 23.5 Å². The maximum atomic E-state index is 13.5. The summed E-state index contributed by atoms with van der Waals surface area (Å²) in [5, 5.41) is 52.8. The molecule has 3 aliphatic rings. The van der Waals surface area contributed by atoms with Crippen molar-refractivity contribution in [1.82, 2.24) is 4.90 Å². The van der Waals surface area contributed by atoms with Crippen LogP contribution in [0.2, 0.25) is 0 Å². The minimum atomic E-state index is -2.67. The van der Waals surface area contributed by atoms with Crippen molar-refractivity contribution in [3.8, 4) is 11.8 Å². The summed E-state index contributed by atoms with van der Waals surface area (Å²) in [7, 11) is 3.13. The number of phenolic OH excluding ortho intramolecular Hbond substituents is 1. The zero-order valence-electron chi connectivity index (χ0n) is 18.4. The molecule has 0 spiro atoms. The van der Waals surface area contributed by atoms with Gasteiger partial charge < -0.3 is 26.2 Å². The number of aliphatic hydroxyl groups excluding tert-OH is 2. The number of nitrogens with two attached hydrogens (primary N) is 1. The highest BCUT2D eigenvalue weighted by Gasteiger charge is 2.63. The fourth-order valence-electron chi connectivity index (χ4n) is 5.56. The topological polar surface area (TPSA) is 185 Å². The molecule has 0 radical (unpaired) electrons. The Balaban J connectivity index is 1.97. The highest BCUT2D eigenvalue weighted by Crippen LogP contribution is 2.52. The van der Waals surface area contributed by atoms with Gasteiger partial charge in [-0.2, -0.15) is 5.26 Å². The zero-order chi connectivity index (χ0) is 25.1. The number of amides is 1. The molecule has 4 atom stereocenters. The van der Waals surface area contributed by atoms with Crippen LogP contribution >= 0.6 is 0 Å². The normalized spacial score (nSPS) is 28.6. The number of aliphatic hydroxyl groups is 3. The van der Waals surface area contributed by atoms with Crippen molar-refractivity contribution < 1.29 is 34.8 Å². The molecule has 0 aromatic heterocycles. The fraction of sp³-hybridized carbons (Fsp3) is 0.333. The number of primary amides is 1. The number of phenols is 1. The van der Waals surface area contributed by atoms with Crippen LogP contribution in [-0.2, 0) is 16.0 Å². The molecule has 0 aliphatic heterocycles. The van der Waals surface area contributed by atoms with Crippen LogP contribution < -0.4 is 5.73 Å². The molecule has 34 heavy (non-hydrogen) atoms. The SMILES string of the molecule is CN(C)[C@H]1C(O)=C(C(N)=O)C(=O)[C@]2(O)C(O)=C3C(=O)c4c(O)ccc(/C=C/C#N)c4C[C@H]3C[C@H]12. The van der Waals surface area contributed by atoms with Crippen molar-refractivity contribution in [1.29, 1.82) is 5.26 Å². The van der Waals surface area contributed by atoms with Crippen LogP contribution in [-0.4, -0.2) is 68.5 Å². The van der Waals surface area contributed by atoms with Gasteiger partial charge >= 0.3 is 0 Å². The largest absolute Gasteiger partial charge is 0.510 e. The number of nitriles is 1. The third-order valence-electron chi connectivity index (χ3n) is 6.98. The van der Waals surface area contributed by atoms with Gasteiger partial charge in [-0.1, -0.05) is 6.07 Å². The summed E-state index contributed by atoms with van der Waals surface area (Å²) < 4.78 is 0. The average molecular weight is 465 g/mol. The van der Waals surface area contributed by atoms with E-state index in [1.54, 1.807) is 20.2 Å². The summed E-state index contributed by atoms with van der Waals surface area (Å²) in [6, 6.07) is 3.67. The number of nitrogens with zero attached hydrogens (tertiary/aromatic N) is 2. The predicted molar refractivity (Wildman–Crippen MR) is 118 cm³/mol. The van der Waals surface area contributed by atoms with Crippen molar-refractivity contribution in [2.24, 2.45) is 17.6 Å². The van der Waals surface area contributed by atoms with E-state index in [-0.39, 0.29) is 29.7 Å². The number of aromatic hydroxyl groups is 1. The van der Waals surface area contributed by atoms with Crippen molar-refractivity contribution in [2.45, 2.75) is 24.5 Å². The number of allylic oxidation sites excluding steroid dienone is 2. The Bertz CT molecular complexity index is 1280. The number of carbonyl (C=O) groups excluding carboxylic acids is 3. The van der Waals surface area contributed by atoms with Gasteiger partial charge in [0.1, 0.15) is 22.8 Å². The van der Waals surface area contributed by atoms with Crippen LogP contribution in [0.4, 0.5) is 0 Å².